The van der Waals surface area contributed by atoms with Crippen LogP contribution in [0, 0.1) is 0 Å². The van der Waals surface area contributed by atoms with Crippen LogP contribution < -0.4 is 16.0 Å². The van der Waals surface area contributed by atoms with E-state index in [1.165, 1.54) is 6.26 Å². The SMILES string of the molecule is C[C@@H](CO)Nc1cc(C(C)(C)S(C)(=O)=O)nc(-c2ccc(NC(=O)NCCN(C)C)cc2)n1. The van der Waals surface area contributed by atoms with Gasteiger partial charge in [0, 0.05) is 42.7 Å². The van der Waals surface area contributed by atoms with Crippen LogP contribution in [0.25, 0.3) is 11.4 Å². The number of anilines is 2. The summed E-state index contributed by atoms with van der Waals surface area (Å²) in [7, 11) is 0.393. The van der Waals surface area contributed by atoms with Crippen molar-refractivity contribution in [1.29, 1.82) is 0 Å². The molecule has 10 nitrogen and oxygen atoms in total. The van der Waals surface area contributed by atoms with Crippen molar-refractivity contribution < 1.29 is 18.3 Å². The van der Waals surface area contributed by atoms with Gasteiger partial charge in [-0.1, -0.05) is 0 Å². The molecule has 0 aliphatic heterocycles. The second kappa shape index (κ2) is 10.9. The van der Waals surface area contributed by atoms with E-state index in [0.717, 1.165) is 6.54 Å². The molecule has 0 saturated heterocycles. The number of hydrogen-bond donors (Lipinski definition) is 4. The number of amides is 2. The van der Waals surface area contributed by atoms with E-state index in [2.05, 4.69) is 25.9 Å². The maximum Gasteiger partial charge on any atom is 0.319 e. The fourth-order valence-corrected chi connectivity index (χ4v) is 3.20. The van der Waals surface area contributed by atoms with Gasteiger partial charge in [0.2, 0.25) is 0 Å². The van der Waals surface area contributed by atoms with Crippen LogP contribution in [0.4, 0.5) is 16.3 Å². The molecule has 0 aliphatic rings. The van der Waals surface area contributed by atoms with Crippen molar-refractivity contribution in [3.05, 3.63) is 36.0 Å². The molecule has 0 aliphatic carbocycles. The van der Waals surface area contributed by atoms with Crippen molar-refractivity contribution in [3.8, 4) is 11.4 Å². The van der Waals surface area contributed by atoms with E-state index in [4.69, 9.17) is 0 Å². The molecule has 4 N–H and O–H groups in total. The first-order valence-corrected chi connectivity index (χ1v) is 12.5. The lowest BCUT2D eigenvalue weighted by Gasteiger charge is -2.23. The van der Waals surface area contributed by atoms with Gasteiger partial charge in [0.25, 0.3) is 0 Å². The van der Waals surface area contributed by atoms with Gasteiger partial charge in [0.1, 0.15) is 10.6 Å². The van der Waals surface area contributed by atoms with E-state index in [9.17, 15) is 18.3 Å². The number of nitrogens with zero attached hydrogens (tertiary/aromatic N) is 3. The fraction of sp³-hybridized carbons (Fsp3) is 0.500. The number of sulfone groups is 1. The van der Waals surface area contributed by atoms with Gasteiger partial charge in [-0.3, -0.25) is 0 Å². The molecule has 0 fully saturated rings. The molecule has 0 unspecified atom stereocenters. The van der Waals surface area contributed by atoms with Crippen LogP contribution in [0.2, 0.25) is 0 Å². The van der Waals surface area contributed by atoms with Gasteiger partial charge in [0.05, 0.1) is 12.3 Å². The monoisotopic (exact) mass is 478 g/mol. The highest BCUT2D eigenvalue weighted by Crippen LogP contribution is 2.31. The minimum absolute atomic E-state index is 0.110. The Labute approximate surface area is 195 Å². The second-order valence-corrected chi connectivity index (χ2v) is 11.3. The van der Waals surface area contributed by atoms with Gasteiger partial charge >= 0.3 is 6.03 Å². The predicted octanol–water partition coefficient (Wildman–Crippen LogP) is 1.90. The van der Waals surface area contributed by atoms with Crippen LogP contribution in [-0.2, 0) is 14.6 Å². The summed E-state index contributed by atoms with van der Waals surface area (Å²) in [4.78, 5) is 23.0. The number of aliphatic hydroxyl groups excluding tert-OH is 1. The first-order valence-electron chi connectivity index (χ1n) is 10.6. The van der Waals surface area contributed by atoms with Gasteiger partial charge < -0.3 is 26.0 Å². The average Bonchev–Trinajstić information content (AvgIpc) is 2.72. The third-order valence-electron chi connectivity index (χ3n) is 5.18. The van der Waals surface area contributed by atoms with E-state index in [0.29, 0.717) is 35.1 Å². The topological polar surface area (TPSA) is 137 Å². The Morgan fingerprint density at radius 3 is 2.36 bits per heavy atom. The van der Waals surface area contributed by atoms with Crippen molar-refractivity contribution in [2.45, 2.75) is 31.6 Å². The summed E-state index contributed by atoms with van der Waals surface area (Å²) in [5.41, 5.74) is 1.59. The Balaban J connectivity index is 2.31. The number of carbonyl (C=O) groups excluding carboxylic acids is 1. The van der Waals surface area contributed by atoms with Gasteiger partial charge in [-0.2, -0.15) is 0 Å². The highest BCUT2D eigenvalue weighted by atomic mass is 32.2. The number of likely N-dealkylation sites (N-methyl/N-ethyl adjacent to an activating group) is 1. The number of aromatic nitrogens is 2. The smallest absolute Gasteiger partial charge is 0.319 e. The Morgan fingerprint density at radius 2 is 1.82 bits per heavy atom. The first kappa shape index (κ1) is 26.5. The number of carbonyl (C=O) groups is 1. The maximum atomic E-state index is 12.4. The molecular weight excluding hydrogens is 444 g/mol. The molecule has 2 aromatic rings. The van der Waals surface area contributed by atoms with Crippen LogP contribution in [0.1, 0.15) is 26.5 Å². The van der Waals surface area contributed by atoms with Crippen LogP contribution in [0.5, 0.6) is 0 Å². The van der Waals surface area contributed by atoms with E-state index < -0.39 is 14.6 Å². The van der Waals surface area contributed by atoms with Crippen molar-refractivity contribution in [1.82, 2.24) is 20.2 Å². The molecule has 1 aromatic heterocycles. The van der Waals surface area contributed by atoms with Gasteiger partial charge in [0.15, 0.2) is 15.7 Å². The molecule has 2 amide bonds. The molecule has 0 radical (unpaired) electrons. The number of rotatable bonds is 10. The lowest BCUT2D eigenvalue weighted by Crippen LogP contribution is -2.34. The van der Waals surface area contributed by atoms with Crippen LogP contribution in [0.15, 0.2) is 30.3 Å². The Morgan fingerprint density at radius 1 is 1.18 bits per heavy atom. The summed E-state index contributed by atoms with van der Waals surface area (Å²) in [5.74, 6) is 0.745. The summed E-state index contributed by atoms with van der Waals surface area (Å²) in [5, 5.41) is 18.0. The summed E-state index contributed by atoms with van der Waals surface area (Å²) in [6.45, 7) is 6.12. The molecule has 0 saturated carbocycles. The number of nitrogens with one attached hydrogen (secondary N) is 3. The maximum absolute atomic E-state index is 12.4. The normalized spacial score (nSPS) is 13.0. The summed E-state index contributed by atoms with van der Waals surface area (Å²) in [6, 6.07) is 7.96. The average molecular weight is 479 g/mol. The third kappa shape index (κ3) is 7.37. The molecule has 1 aromatic carbocycles. The molecule has 0 spiro atoms. The second-order valence-electron chi connectivity index (χ2n) is 8.73. The van der Waals surface area contributed by atoms with E-state index in [-0.39, 0.29) is 18.7 Å². The molecule has 11 heteroatoms. The van der Waals surface area contributed by atoms with E-state index in [1.54, 1.807) is 51.1 Å². The zero-order valence-electron chi connectivity index (χ0n) is 20.0. The van der Waals surface area contributed by atoms with Crippen LogP contribution in [0.3, 0.4) is 0 Å². The van der Waals surface area contributed by atoms with Crippen LogP contribution in [-0.4, -0.2) is 80.5 Å². The van der Waals surface area contributed by atoms with Gasteiger partial charge in [-0.15, -0.1) is 0 Å². The third-order valence-corrected chi connectivity index (χ3v) is 7.25. The summed E-state index contributed by atoms with van der Waals surface area (Å²) < 4.78 is 23.5. The summed E-state index contributed by atoms with van der Waals surface area (Å²) >= 11 is 0. The highest BCUT2D eigenvalue weighted by molar-refractivity contribution is 7.91. The predicted molar refractivity (Wildman–Crippen MR) is 131 cm³/mol. The Bertz CT molecular complexity index is 1060. The fourth-order valence-electron chi connectivity index (χ4n) is 2.72. The van der Waals surface area contributed by atoms with Crippen LogP contribution >= 0.6 is 0 Å². The number of aliphatic hydroxyl groups is 1. The molecular formula is C22H34N6O4S. The van der Waals surface area contributed by atoms with Gasteiger partial charge in [-0.25, -0.2) is 23.2 Å². The lowest BCUT2D eigenvalue weighted by molar-refractivity contribution is 0.250. The largest absolute Gasteiger partial charge is 0.394 e. The van der Waals surface area contributed by atoms with Crippen molar-refractivity contribution in [3.63, 3.8) is 0 Å². The first-order chi connectivity index (χ1) is 15.3. The molecule has 2 rings (SSSR count). The molecule has 1 heterocycles. The van der Waals surface area contributed by atoms with E-state index >= 15 is 0 Å². The Kier molecular flexibility index (Phi) is 8.76. The van der Waals surface area contributed by atoms with Crippen molar-refractivity contribution >= 4 is 27.4 Å². The lowest BCUT2D eigenvalue weighted by atomic mass is 10.1. The minimum atomic E-state index is -3.46. The Hall–Kier alpha value is -2.76. The zero-order chi connectivity index (χ0) is 24.8. The summed E-state index contributed by atoms with van der Waals surface area (Å²) in [6.07, 6.45) is 1.17. The standard InChI is InChI=1S/C22H34N6O4S/c1-15(14-29)24-19-13-18(22(2,3)33(6,31)32)26-20(27-19)16-7-9-17(10-8-16)25-21(30)23-11-12-28(4)5/h7-10,13,15,29H,11-12,14H2,1-6H3,(H2,23,25,30)(H,24,26,27)/t15-/m0/s1. The minimum Gasteiger partial charge on any atom is -0.394 e. The highest BCUT2D eigenvalue weighted by Gasteiger charge is 2.35. The quantitative estimate of drug-likeness (QED) is 0.406. The zero-order valence-corrected chi connectivity index (χ0v) is 20.8. The van der Waals surface area contributed by atoms with Crippen molar-refractivity contribution in [2.24, 2.45) is 0 Å². The molecule has 1 atom stereocenters. The number of hydrogen-bond acceptors (Lipinski definition) is 8. The molecule has 33 heavy (non-hydrogen) atoms. The number of urea groups is 1. The van der Waals surface area contributed by atoms with E-state index in [1.807, 2.05) is 19.0 Å². The number of benzene rings is 1. The van der Waals surface area contributed by atoms with Gasteiger partial charge in [-0.05, 0) is 59.1 Å². The van der Waals surface area contributed by atoms with Crippen molar-refractivity contribution in [2.75, 3.05) is 50.7 Å². The molecule has 0 bridgehead atoms. The molecule has 182 valence electrons.